The summed E-state index contributed by atoms with van der Waals surface area (Å²) in [5.74, 6) is -0.537. The molecule has 1 aliphatic carbocycles. The van der Waals surface area contributed by atoms with Gasteiger partial charge in [-0.05, 0) is 64.9 Å². The average Bonchev–Trinajstić information content (AvgIpc) is 3.28. The summed E-state index contributed by atoms with van der Waals surface area (Å²) in [6.45, 7) is -0.0314. The molecule has 9 heteroatoms. The highest BCUT2D eigenvalue weighted by molar-refractivity contribution is 5.77. The fourth-order valence-electron chi connectivity index (χ4n) is 4.61. The van der Waals surface area contributed by atoms with Crippen LogP contribution in [0, 0.1) is 5.92 Å². The molecule has 0 saturated heterocycles. The number of aliphatic carboxylic acids is 1. The van der Waals surface area contributed by atoms with Gasteiger partial charge in [0.25, 0.3) is 0 Å². The molecule has 194 valence electrons. The van der Waals surface area contributed by atoms with Crippen LogP contribution in [-0.2, 0) is 41.5 Å². The minimum absolute atomic E-state index is 0.147. The highest BCUT2D eigenvalue weighted by Crippen LogP contribution is 2.37. The van der Waals surface area contributed by atoms with Crippen LogP contribution in [0.25, 0.3) is 11.1 Å². The Morgan fingerprint density at radius 3 is 2.32 bits per heavy atom. The normalized spacial score (nSPS) is 13.2. The molecule has 0 aliphatic heterocycles. The van der Waals surface area contributed by atoms with Crippen molar-refractivity contribution in [1.82, 2.24) is 5.32 Å². The van der Waals surface area contributed by atoms with Crippen LogP contribution < -0.4 is 10.1 Å². The highest BCUT2D eigenvalue weighted by Gasteiger charge is 2.31. The molecule has 6 nitrogen and oxygen atoms in total. The number of benzene rings is 3. The summed E-state index contributed by atoms with van der Waals surface area (Å²) in [5.41, 5.74) is 3.02. The quantitative estimate of drug-likeness (QED) is 0.407. The van der Waals surface area contributed by atoms with Crippen LogP contribution in [0.2, 0.25) is 0 Å². The largest absolute Gasteiger partial charge is 0.496 e. The van der Waals surface area contributed by atoms with E-state index >= 15 is 0 Å². The lowest BCUT2D eigenvalue weighted by atomic mass is 9.94. The lowest BCUT2D eigenvalue weighted by Gasteiger charge is -2.17. The molecule has 0 radical (unpaired) electrons. The number of alkyl carbamates (subject to hydrolysis) is 1. The fraction of sp³-hybridized carbons (Fsp3) is 0.286. The second-order valence-corrected chi connectivity index (χ2v) is 8.97. The molecule has 0 spiro atoms. The summed E-state index contributed by atoms with van der Waals surface area (Å²) in [6, 6.07) is 15.9. The molecule has 2 N–H and O–H groups in total. The molecule has 0 heterocycles. The van der Waals surface area contributed by atoms with Gasteiger partial charge in [-0.2, -0.15) is 13.2 Å². The van der Waals surface area contributed by atoms with Crippen molar-refractivity contribution in [3.8, 4) is 16.9 Å². The van der Waals surface area contributed by atoms with E-state index in [4.69, 9.17) is 14.6 Å². The summed E-state index contributed by atoms with van der Waals surface area (Å²) in [7, 11) is 1.41. The molecular weight excluding hydrogens is 487 g/mol. The van der Waals surface area contributed by atoms with Gasteiger partial charge in [0.15, 0.2) is 0 Å². The Labute approximate surface area is 212 Å². The average molecular weight is 514 g/mol. The first-order valence-corrected chi connectivity index (χ1v) is 11.7. The van der Waals surface area contributed by atoms with Crippen molar-refractivity contribution >= 4 is 12.1 Å². The number of carboxylic acids is 1. The van der Waals surface area contributed by atoms with Gasteiger partial charge in [-0.25, -0.2) is 4.79 Å². The Hall–Kier alpha value is -4.01. The Morgan fingerprint density at radius 1 is 1.00 bits per heavy atom. The standard InChI is InChI=1S/C28H26F3NO5/c1-36-25-9-6-17(13-26(33)34)12-24(25)23-8-7-22(28(29,30)31)14-21(23)15-32-27(35)37-16-18-10-19-4-2-3-5-20(19)11-18/h2-9,12,14,18H,10-11,13,15-16H2,1H3,(H,32,35)(H,33,34). The first-order valence-electron chi connectivity index (χ1n) is 11.7. The van der Waals surface area contributed by atoms with Gasteiger partial charge in [0.2, 0.25) is 0 Å². The first-order chi connectivity index (χ1) is 17.6. The number of amides is 1. The molecule has 4 rings (SSSR count). The van der Waals surface area contributed by atoms with E-state index in [2.05, 4.69) is 5.32 Å². The summed E-state index contributed by atoms with van der Waals surface area (Å²) in [5, 5.41) is 11.7. The monoisotopic (exact) mass is 513 g/mol. The van der Waals surface area contributed by atoms with Crippen molar-refractivity contribution in [2.75, 3.05) is 13.7 Å². The Bertz CT molecular complexity index is 1280. The maximum atomic E-state index is 13.5. The van der Waals surface area contributed by atoms with Crippen LogP contribution in [0.1, 0.15) is 27.8 Å². The van der Waals surface area contributed by atoms with Crippen molar-refractivity contribution in [2.45, 2.75) is 32.0 Å². The third kappa shape index (κ3) is 6.41. The molecule has 1 amide bonds. The highest BCUT2D eigenvalue weighted by atomic mass is 19.4. The lowest BCUT2D eigenvalue weighted by molar-refractivity contribution is -0.138. The molecule has 0 bridgehead atoms. The van der Waals surface area contributed by atoms with Gasteiger partial charge in [0, 0.05) is 18.0 Å². The summed E-state index contributed by atoms with van der Waals surface area (Å²) in [6.07, 6.45) is -3.98. The predicted octanol–water partition coefficient (Wildman–Crippen LogP) is 5.65. The van der Waals surface area contributed by atoms with Crippen LogP contribution in [0.15, 0.2) is 60.7 Å². The second-order valence-electron chi connectivity index (χ2n) is 8.97. The van der Waals surface area contributed by atoms with Gasteiger partial charge in [-0.1, -0.05) is 36.4 Å². The summed E-state index contributed by atoms with van der Waals surface area (Å²) < 4.78 is 51.1. The molecule has 1 aliphatic rings. The Balaban J connectivity index is 1.52. The molecule has 0 fully saturated rings. The maximum Gasteiger partial charge on any atom is 0.416 e. The van der Waals surface area contributed by atoms with E-state index in [-0.39, 0.29) is 31.1 Å². The molecule has 0 unspecified atom stereocenters. The Morgan fingerprint density at radius 2 is 1.70 bits per heavy atom. The second kappa shape index (κ2) is 10.9. The van der Waals surface area contributed by atoms with Crippen LogP contribution in [0.5, 0.6) is 5.75 Å². The van der Waals surface area contributed by atoms with E-state index in [9.17, 15) is 22.8 Å². The van der Waals surface area contributed by atoms with E-state index < -0.39 is 23.8 Å². The van der Waals surface area contributed by atoms with Gasteiger partial charge < -0.3 is 19.9 Å². The number of hydrogen-bond donors (Lipinski definition) is 2. The van der Waals surface area contributed by atoms with Crippen molar-refractivity contribution in [3.05, 3.63) is 88.5 Å². The number of fused-ring (bicyclic) bond motifs is 1. The maximum absolute atomic E-state index is 13.5. The smallest absolute Gasteiger partial charge is 0.416 e. The van der Waals surface area contributed by atoms with Crippen LogP contribution in [0.4, 0.5) is 18.0 Å². The number of carboxylic acid groups (broad SMARTS) is 1. The van der Waals surface area contributed by atoms with Crippen LogP contribution in [0.3, 0.4) is 0 Å². The number of methoxy groups -OCH3 is 1. The molecule has 3 aromatic carbocycles. The fourth-order valence-corrected chi connectivity index (χ4v) is 4.61. The topological polar surface area (TPSA) is 84.9 Å². The van der Waals surface area contributed by atoms with Gasteiger partial charge >= 0.3 is 18.2 Å². The molecular formula is C28H26F3NO5. The van der Waals surface area contributed by atoms with Gasteiger partial charge in [0.1, 0.15) is 5.75 Å². The van der Waals surface area contributed by atoms with Crippen LogP contribution >= 0.6 is 0 Å². The predicted molar refractivity (Wildman–Crippen MR) is 130 cm³/mol. The number of nitrogens with one attached hydrogen (secondary N) is 1. The zero-order valence-electron chi connectivity index (χ0n) is 20.1. The van der Waals surface area contributed by atoms with E-state index in [1.807, 2.05) is 24.3 Å². The summed E-state index contributed by atoms with van der Waals surface area (Å²) >= 11 is 0. The Kier molecular flexibility index (Phi) is 7.71. The van der Waals surface area contributed by atoms with Gasteiger partial charge in [-0.3, -0.25) is 4.79 Å². The molecule has 0 saturated carbocycles. The van der Waals surface area contributed by atoms with E-state index in [1.165, 1.54) is 24.3 Å². The van der Waals surface area contributed by atoms with E-state index in [1.54, 1.807) is 18.2 Å². The SMILES string of the molecule is COc1ccc(CC(=O)O)cc1-c1ccc(C(F)(F)F)cc1CNC(=O)OCC1Cc2ccccc2C1. The number of carbonyl (C=O) groups excluding carboxylic acids is 1. The number of hydrogen-bond acceptors (Lipinski definition) is 4. The summed E-state index contributed by atoms with van der Waals surface area (Å²) in [4.78, 5) is 23.6. The van der Waals surface area contributed by atoms with Crippen molar-refractivity contribution in [2.24, 2.45) is 5.92 Å². The molecule has 0 atom stereocenters. The van der Waals surface area contributed by atoms with Crippen molar-refractivity contribution < 1.29 is 37.3 Å². The van der Waals surface area contributed by atoms with E-state index in [0.717, 1.165) is 25.0 Å². The zero-order valence-corrected chi connectivity index (χ0v) is 20.1. The minimum atomic E-state index is -4.58. The van der Waals surface area contributed by atoms with Gasteiger partial charge in [-0.15, -0.1) is 0 Å². The number of alkyl halides is 3. The minimum Gasteiger partial charge on any atom is -0.496 e. The van der Waals surface area contributed by atoms with Crippen molar-refractivity contribution in [1.29, 1.82) is 0 Å². The third-order valence-corrected chi connectivity index (χ3v) is 6.35. The van der Waals surface area contributed by atoms with E-state index in [0.29, 0.717) is 22.4 Å². The molecule has 3 aromatic rings. The number of rotatable bonds is 8. The van der Waals surface area contributed by atoms with Crippen LogP contribution in [-0.4, -0.2) is 30.9 Å². The van der Waals surface area contributed by atoms with Crippen molar-refractivity contribution in [3.63, 3.8) is 0 Å². The molecule has 0 aromatic heterocycles. The molecule has 37 heavy (non-hydrogen) atoms. The van der Waals surface area contributed by atoms with Gasteiger partial charge in [0.05, 0.1) is 25.7 Å². The zero-order chi connectivity index (χ0) is 26.6. The third-order valence-electron chi connectivity index (χ3n) is 6.35. The number of halogens is 3. The first kappa shape index (κ1) is 26.1. The number of ether oxygens (including phenoxy) is 2. The lowest BCUT2D eigenvalue weighted by Crippen LogP contribution is -2.26. The number of carbonyl (C=O) groups is 2.